The lowest BCUT2D eigenvalue weighted by Crippen LogP contribution is -2.13. The maximum Gasteiger partial charge on any atom is 0.308 e. The molecular weight excluding hydrogens is 158 g/mol. The first kappa shape index (κ1) is 8.94. The molecule has 0 amide bonds. The monoisotopic (exact) mass is 169 g/mol. The zero-order valence-corrected chi connectivity index (χ0v) is 6.95. The van der Waals surface area contributed by atoms with Gasteiger partial charge in [0.1, 0.15) is 0 Å². The minimum atomic E-state index is -0.196. The van der Waals surface area contributed by atoms with Crippen LogP contribution < -0.4 is 0 Å². The number of nitrogens with zero attached hydrogens (tertiary/aromatic N) is 1. The molecule has 12 heavy (non-hydrogen) atoms. The van der Waals surface area contributed by atoms with Crippen molar-refractivity contribution in [3.8, 4) is 0 Å². The summed E-state index contributed by atoms with van der Waals surface area (Å²) in [5.41, 5.74) is 0. The molecule has 0 radical (unpaired) electrons. The van der Waals surface area contributed by atoms with Gasteiger partial charge < -0.3 is 4.74 Å². The van der Waals surface area contributed by atoms with Crippen LogP contribution in [0.5, 0.6) is 0 Å². The molecule has 1 saturated carbocycles. The number of carbonyl (C=O) groups is 1. The Balaban J connectivity index is 2.45. The van der Waals surface area contributed by atoms with Crippen molar-refractivity contribution in [1.82, 2.24) is 0 Å². The SMILES string of the molecule is COC(=O)C1CCC(N=C=O)C1. The van der Waals surface area contributed by atoms with Crippen LogP contribution in [-0.4, -0.2) is 25.2 Å². The van der Waals surface area contributed by atoms with E-state index in [9.17, 15) is 9.59 Å². The van der Waals surface area contributed by atoms with Crippen LogP contribution in [0.1, 0.15) is 19.3 Å². The predicted octanol–water partition coefficient (Wildman–Crippen LogP) is 0.664. The standard InChI is InChI=1S/C8H11NO3/c1-12-8(11)6-2-3-7(4-6)9-5-10/h6-7H,2-4H2,1H3. The zero-order chi connectivity index (χ0) is 8.97. The van der Waals surface area contributed by atoms with E-state index in [1.807, 2.05) is 0 Å². The van der Waals surface area contributed by atoms with Crippen LogP contribution in [0.4, 0.5) is 0 Å². The maximum atomic E-state index is 11.0. The highest BCUT2D eigenvalue weighted by Crippen LogP contribution is 2.28. The fourth-order valence-corrected chi connectivity index (χ4v) is 1.53. The highest BCUT2D eigenvalue weighted by molar-refractivity contribution is 5.72. The average molecular weight is 169 g/mol. The molecule has 2 unspecified atom stereocenters. The third-order valence-electron chi connectivity index (χ3n) is 2.17. The third-order valence-corrected chi connectivity index (χ3v) is 2.17. The van der Waals surface area contributed by atoms with Gasteiger partial charge in [0, 0.05) is 0 Å². The van der Waals surface area contributed by atoms with E-state index in [0.717, 1.165) is 12.8 Å². The quantitative estimate of drug-likeness (QED) is 0.346. The van der Waals surface area contributed by atoms with Gasteiger partial charge in [0.05, 0.1) is 19.1 Å². The van der Waals surface area contributed by atoms with Gasteiger partial charge in [0.25, 0.3) is 0 Å². The number of rotatable bonds is 2. The Morgan fingerprint density at radius 3 is 2.92 bits per heavy atom. The van der Waals surface area contributed by atoms with E-state index >= 15 is 0 Å². The van der Waals surface area contributed by atoms with Crippen molar-refractivity contribution >= 4 is 12.0 Å². The lowest BCUT2D eigenvalue weighted by molar-refractivity contribution is -0.145. The Kier molecular flexibility index (Phi) is 3.00. The maximum absolute atomic E-state index is 11.0. The molecule has 0 N–H and O–H groups in total. The molecule has 66 valence electrons. The van der Waals surface area contributed by atoms with Crippen molar-refractivity contribution in [1.29, 1.82) is 0 Å². The molecule has 0 saturated heterocycles. The highest BCUT2D eigenvalue weighted by atomic mass is 16.5. The highest BCUT2D eigenvalue weighted by Gasteiger charge is 2.30. The van der Waals surface area contributed by atoms with Crippen LogP contribution in [0.25, 0.3) is 0 Å². The lowest BCUT2D eigenvalue weighted by atomic mass is 10.1. The molecule has 1 aliphatic rings. The number of carbonyl (C=O) groups excluding carboxylic acids is 2. The van der Waals surface area contributed by atoms with Gasteiger partial charge in [0.15, 0.2) is 0 Å². The van der Waals surface area contributed by atoms with Crippen LogP contribution in [0.15, 0.2) is 4.99 Å². The fourth-order valence-electron chi connectivity index (χ4n) is 1.53. The first-order chi connectivity index (χ1) is 5.77. The van der Waals surface area contributed by atoms with Gasteiger partial charge in [-0.05, 0) is 19.3 Å². The molecule has 0 heterocycles. The molecular formula is C8H11NO3. The summed E-state index contributed by atoms with van der Waals surface area (Å²) < 4.78 is 4.58. The average Bonchev–Trinajstić information content (AvgIpc) is 2.52. The van der Waals surface area contributed by atoms with Gasteiger partial charge in [-0.3, -0.25) is 4.79 Å². The van der Waals surface area contributed by atoms with Crippen LogP contribution in [-0.2, 0) is 14.3 Å². The van der Waals surface area contributed by atoms with Crippen LogP contribution >= 0.6 is 0 Å². The Labute approximate surface area is 70.6 Å². The molecule has 0 spiro atoms. The topological polar surface area (TPSA) is 55.7 Å². The third kappa shape index (κ3) is 1.92. The van der Waals surface area contributed by atoms with Crippen LogP contribution in [0, 0.1) is 5.92 Å². The van der Waals surface area contributed by atoms with Gasteiger partial charge in [-0.25, -0.2) is 9.79 Å². The summed E-state index contributed by atoms with van der Waals surface area (Å²) in [5.74, 6) is -0.268. The number of hydrogen-bond donors (Lipinski definition) is 0. The van der Waals surface area contributed by atoms with Crippen LogP contribution in [0.2, 0.25) is 0 Å². The van der Waals surface area contributed by atoms with E-state index in [0.29, 0.717) is 6.42 Å². The molecule has 4 nitrogen and oxygen atoms in total. The number of methoxy groups -OCH3 is 1. The fraction of sp³-hybridized carbons (Fsp3) is 0.750. The predicted molar refractivity (Wildman–Crippen MR) is 41.3 cm³/mol. The molecule has 0 aliphatic heterocycles. The van der Waals surface area contributed by atoms with Crippen molar-refractivity contribution in [3.05, 3.63) is 0 Å². The van der Waals surface area contributed by atoms with E-state index < -0.39 is 0 Å². The number of esters is 1. The summed E-state index contributed by atoms with van der Waals surface area (Å²) in [6.07, 6.45) is 3.69. The van der Waals surface area contributed by atoms with E-state index in [-0.39, 0.29) is 17.9 Å². The van der Waals surface area contributed by atoms with Gasteiger partial charge in [-0.2, -0.15) is 0 Å². The van der Waals surface area contributed by atoms with Crippen molar-refractivity contribution in [2.75, 3.05) is 7.11 Å². The minimum absolute atomic E-state index is 0.0217. The number of hydrogen-bond acceptors (Lipinski definition) is 4. The molecule has 0 bridgehead atoms. The van der Waals surface area contributed by atoms with Gasteiger partial charge in [0.2, 0.25) is 6.08 Å². The molecule has 0 aromatic heterocycles. The second-order valence-electron chi connectivity index (χ2n) is 2.91. The number of ether oxygens (including phenoxy) is 1. The van der Waals surface area contributed by atoms with Crippen LogP contribution in [0.3, 0.4) is 0 Å². The summed E-state index contributed by atoms with van der Waals surface area (Å²) in [6.45, 7) is 0. The second kappa shape index (κ2) is 4.02. The van der Waals surface area contributed by atoms with E-state index in [4.69, 9.17) is 0 Å². The molecule has 2 atom stereocenters. The molecule has 1 aliphatic carbocycles. The Morgan fingerprint density at radius 2 is 2.33 bits per heavy atom. The van der Waals surface area contributed by atoms with Crippen molar-refractivity contribution in [2.45, 2.75) is 25.3 Å². The smallest absolute Gasteiger partial charge is 0.308 e. The van der Waals surface area contributed by atoms with E-state index in [1.54, 1.807) is 0 Å². The molecule has 1 fully saturated rings. The largest absolute Gasteiger partial charge is 0.469 e. The zero-order valence-electron chi connectivity index (χ0n) is 6.95. The Bertz CT molecular complexity index is 220. The second-order valence-corrected chi connectivity index (χ2v) is 2.91. The molecule has 1 rings (SSSR count). The molecule has 4 heteroatoms. The first-order valence-corrected chi connectivity index (χ1v) is 3.92. The van der Waals surface area contributed by atoms with Gasteiger partial charge in [-0.1, -0.05) is 0 Å². The van der Waals surface area contributed by atoms with Crippen molar-refractivity contribution in [2.24, 2.45) is 10.9 Å². The van der Waals surface area contributed by atoms with Crippen molar-refractivity contribution in [3.63, 3.8) is 0 Å². The van der Waals surface area contributed by atoms with E-state index in [1.165, 1.54) is 13.2 Å². The molecule has 0 aromatic rings. The van der Waals surface area contributed by atoms with Gasteiger partial charge in [-0.15, -0.1) is 0 Å². The summed E-state index contributed by atoms with van der Waals surface area (Å²) in [6, 6.07) is -0.0217. The Hall–Kier alpha value is -1.15. The number of isocyanates is 1. The summed E-state index contributed by atoms with van der Waals surface area (Å²) >= 11 is 0. The van der Waals surface area contributed by atoms with E-state index in [2.05, 4.69) is 9.73 Å². The first-order valence-electron chi connectivity index (χ1n) is 3.92. The number of aliphatic imine (C=N–C) groups is 1. The summed E-state index contributed by atoms with van der Waals surface area (Å²) in [4.78, 5) is 24.5. The lowest BCUT2D eigenvalue weighted by Gasteiger charge is -2.04. The normalized spacial score (nSPS) is 27.8. The molecule has 0 aromatic carbocycles. The minimum Gasteiger partial charge on any atom is -0.469 e. The summed E-state index contributed by atoms with van der Waals surface area (Å²) in [7, 11) is 1.37. The van der Waals surface area contributed by atoms with Crippen molar-refractivity contribution < 1.29 is 14.3 Å². The van der Waals surface area contributed by atoms with Gasteiger partial charge >= 0.3 is 5.97 Å². The summed E-state index contributed by atoms with van der Waals surface area (Å²) in [5, 5.41) is 0. The Morgan fingerprint density at radius 1 is 1.58 bits per heavy atom.